The Morgan fingerprint density at radius 3 is 1.80 bits per heavy atom. The highest BCUT2D eigenvalue weighted by Crippen LogP contribution is 2.23. The molecule has 9 nitrogen and oxygen atoms in total. The van der Waals surface area contributed by atoms with Gasteiger partial charge in [-0.05, 0) is 6.92 Å². The Morgan fingerprint density at radius 2 is 1.44 bits per heavy atom. The van der Waals surface area contributed by atoms with Crippen molar-refractivity contribution in [3.63, 3.8) is 0 Å². The fraction of sp³-hybridized carbons (Fsp3) is 0.400. The molecule has 0 atom stereocenters. The summed E-state index contributed by atoms with van der Waals surface area (Å²) in [6, 6.07) is 0. The minimum atomic E-state index is -3.71. The molecule has 0 aliphatic carbocycles. The molecule has 0 fully saturated rings. The largest absolute Gasteiger partial charge is 0.275 e. The molecule has 0 bridgehead atoms. The van der Waals surface area contributed by atoms with Gasteiger partial charge in [0.2, 0.25) is 10.0 Å². The van der Waals surface area contributed by atoms with Crippen molar-refractivity contribution in [3.05, 3.63) is 47.8 Å². The maximum absolute atomic E-state index is 13.2. The molecule has 3 heterocycles. The van der Waals surface area contributed by atoms with Crippen LogP contribution < -0.4 is 0 Å². The summed E-state index contributed by atoms with van der Waals surface area (Å²) in [5, 5.41) is 12.3. The summed E-state index contributed by atoms with van der Waals surface area (Å²) < 4.78 is 32.7. The number of hydrogen-bond acceptors (Lipinski definition) is 5. The highest BCUT2D eigenvalue weighted by atomic mass is 32.2. The summed E-state index contributed by atoms with van der Waals surface area (Å²) in [7, 11) is 1.61. The molecule has 0 aromatic carbocycles. The molecule has 3 aromatic rings. The summed E-state index contributed by atoms with van der Waals surface area (Å²) >= 11 is 0. The van der Waals surface area contributed by atoms with Gasteiger partial charge in [-0.2, -0.15) is 19.6 Å². The molecule has 3 aromatic heterocycles. The first-order chi connectivity index (χ1) is 11.8. The summed E-state index contributed by atoms with van der Waals surface area (Å²) in [6.07, 6.45) is 8.34. The van der Waals surface area contributed by atoms with Crippen LogP contribution in [0.4, 0.5) is 0 Å². The first kappa shape index (κ1) is 17.4. The van der Waals surface area contributed by atoms with Gasteiger partial charge in [0.25, 0.3) is 0 Å². The van der Waals surface area contributed by atoms with Crippen molar-refractivity contribution in [1.82, 2.24) is 33.6 Å². The predicted molar refractivity (Wildman–Crippen MR) is 90.8 cm³/mol. The minimum absolute atomic E-state index is 0.211. The smallest absolute Gasteiger partial charge is 0.247 e. The van der Waals surface area contributed by atoms with Crippen molar-refractivity contribution in [1.29, 1.82) is 0 Å². The normalized spacial score (nSPS) is 12.2. The van der Waals surface area contributed by atoms with Crippen LogP contribution in [0.3, 0.4) is 0 Å². The van der Waals surface area contributed by atoms with Gasteiger partial charge in [-0.15, -0.1) is 0 Å². The van der Waals surface area contributed by atoms with Gasteiger partial charge in [-0.3, -0.25) is 14.0 Å². The summed E-state index contributed by atoms with van der Waals surface area (Å²) in [4.78, 5) is 0.211. The van der Waals surface area contributed by atoms with Gasteiger partial charge in [-0.25, -0.2) is 8.42 Å². The van der Waals surface area contributed by atoms with Crippen LogP contribution in [0.25, 0.3) is 0 Å². The molecule has 10 heteroatoms. The van der Waals surface area contributed by atoms with E-state index in [1.54, 1.807) is 54.5 Å². The second-order valence-electron chi connectivity index (χ2n) is 6.04. The molecule has 134 valence electrons. The molecular weight excluding hydrogens is 342 g/mol. The number of rotatable bonds is 6. The standard InChI is InChI=1S/C15H21N7O2S/c1-12-15(7-18-21(12)4)25(23,24)22(10-13-5-16-19(2)8-13)11-14-6-17-20(3)9-14/h5-9H,10-11H2,1-4H3. The maximum Gasteiger partial charge on any atom is 0.247 e. The summed E-state index contributed by atoms with van der Waals surface area (Å²) in [5.74, 6) is 0. The zero-order valence-corrected chi connectivity index (χ0v) is 15.5. The number of hydrogen-bond donors (Lipinski definition) is 0. The molecular formula is C15H21N7O2S. The number of aryl methyl sites for hydroxylation is 3. The average Bonchev–Trinajstić information content (AvgIpc) is 3.22. The highest BCUT2D eigenvalue weighted by Gasteiger charge is 2.29. The van der Waals surface area contributed by atoms with Crippen LogP contribution in [-0.2, 0) is 44.3 Å². The lowest BCUT2D eigenvalue weighted by Gasteiger charge is -2.21. The topological polar surface area (TPSA) is 90.8 Å². The predicted octanol–water partition coefficient (Wildman–Crippen LogP) is 0.587. The molecule has 0 amide bonds. The van der Waals surface area contributed by atoms with E-state index < -0.39 is 10.0 Å². The lowest BCUT2D eigenvalue weighted by atomic mass is 10.3. The Morgan fingerprint density at radius 1 is 0.920 bits per heavy atom. The molecule has 0 saturated heterocycles. The van der Waals surface area contributed by atoms with E-state index in [2.05, 4.69) is 15.3 Å². The number of sulfonamides is 1. The van der Waals surface area contributed by atoms with Crippen molar-refractivity contribution in [2.45, 2.75) is 24.9 Å². The Hall–Kier alpha value is -2.46. The van der Waals surface area contributed by atoms with E-state index in [9.17, 15) is 8.42 Å². The second-order valence-corrected chi connectivity index (χ2v) is 7.94. The lowest BCUT2D eigenvalue weighted by molar-refractivity contribution is 0.400. The quantitative estimate of drug-likeness (QED) is 0.639. The SMILES string of the molecule is Cc1c(S(=O)(=O)N(Cc2cnn(C)c2)Cc2cnn(C)c2)cnn1C. The third kappa shape index (κ3) is 3.49. The van der Waals surface area contributed by atoms with Gasteiger partial charge in [0.05, 0.1) is 24.3 Å². The Bertz CT molecular complexity index is 941. The first-order valence-electron chi connectivity index (χ1n) is 7.71. The third-order valence-corrected chi connectivity index (χ3v) is 5.94. The van der Waals surface area contributed by atoms with Gasteiger partial charge < -0.3 is 0 Å². The molecule has 3 rings (SSSR count). The molecule has 0 aliphatic heterocycles. The van der Waals surface area contributed by atoms with Gasteiger partial charge in [0.15, 0.2) is 0 Å². The van der Waals surface area contributed by atoms with E-state index in [-0.39, 0.29) is 18.0 Å². The van der Waals surface area contributed by atoms with Crippen molar-refractivity contribution >= 4 is 10.0 Å². The monoisotopic (exact) mass is 363 g/mol. The van der Waals surface area contributed by atoms with E-state index in [0.29, 0.717) is 5.69 Å². The molecule has 0 saturated carbocycles. The molecule has 0 aliphatic rings. The van der Waals surface area contributed by atoms with Gasteiger partial charge >= 0.3 is 0 Å². The van der Waals surface area contributed by atoms with Crippen molar-refractivity contribution in [3.8, 4) is 0 Å². The Balaban J connectivity index is 1.98. The van der Waals surface area contributed by atoms with Crippen molar-refractivity contribution in [2.24, 2.45) is 21.1 Å². The Labute approximate surface area is 146 Å². The first-order valence-corrected chi connectivity index (χ1v) is 9.15. The molecule has 25 heavy (non-hydrogen) atoms. The minimum Gasteiger partial charge on any atom is -0.275 e. The van der Waals surface area contributed by atoms with Crippen LogP contribution in [0, 0.1) is 6.92 Å². The number of aromatic nitrogens is 6. The van der Waals surface area contributed by atoms with Crippen LogP contribution in [0.1, 0.15) is 16.8 Å². The van der Waals surface area contributed by atoms with Crippen molar-refractivity contribution < 1.29 is 8.42 Å². The van der Waals surface area contributed by atoms with Gasteiger partial charge in [0, 0.05) is 57.8 Å². The summed E-state index contributed by atoms with van der Waals surface area (Å²) in [6.45, 7) is 2.19. The van der Waals surface area contributed by atoms with Crippen LogP contribution in [0.15, 0.2) is 35.9 Å². The maximum atomic E-state index is 13.2. The fourth-order valence-electron chi connectivity index (χ4n) is 2.61. The fourth-order valence-corrected chi connectivity index (χ4v) is 4.21. The molecule has 0 unspecified atom stereocenters. The van der Waals surface area contributed by atoms with Gasteiger partial charge in [0.1, 0.15) is 4.90 Å². The zero-order chi connectivity index (χ0) is 18.2. The van der Waals surface area contributed by atoms with E-state index in [1.807, 2.05) is 12.4 Å². The Kier molecular flexibility index (Phi) is 4.48. The highest BCUT2D eigenvalue weighted by molar-refractivity contribution is 7.89. The molecule has 0 N–H and O–H groups in total. The van der Waals surface area contributed by atoms with E-state index >= 15 is 0 Å². The number of nitrogens with zero attached hydrogens (tertiary/aromatic N) is 7. The van der Waals surface area contributed by atoms with Crippen LogP contribution in [-0.4, -0.2) is 42.1 Å². The van der Waals surface area contributed by atoms with E-state index in [0.717, 1.165) is 11.1 Å². The third-order valence-electron chi connectivity index (χ3n) is 4.04. The average molecular weight is 363 g/mol. The summed E-state index contributed by atoms with van der Waals surface area (Å²) in [5.41, 5.74) is 2.23. The van der Waals surface area contributed by atoms with Gasteiger partial charge in [-0.1, -0.05) is 0 Å². The van der Waals surface area contributed by atoms with Crippen LogP contribution >= 0.6 is 0 Å². The van der Waals surface area contributed by atoms with E-state index in [1.165, 1.54) is 10.5 Å². The van der Waals surface area contributed by atoms with Crippen LogP contribution in [0.5, 0.6) is 0 Å². The second kappa shape index (κ2) is 6.45. The van der Waals surface area contributed by atoms with E-state index in [4.69, 9.17) is 0 Å². The zero-order valence-electron chi connectivity index (χ0n) is 14.7. The molecule has 0 spiro atoms. The molecule has 0 radical (unpaired) electrons. The van der Waals surface area contributed by atoms with Crippen molar-refractivity contribution in [2.75, 3.05) is 0 Å². The van der Waals surface area contributed by atoms with Crippen LogP contribution in [0.2, 0.25) is 0 Å². The lowest BCUT2D eigenvalue weighted by Crippen LogP contribution is -2.30.